The van der Waals surface area contributed by atoms with E-state index in [-0.39, 0.29) is 23.3 Å². The number of nitrogens with zero attached hydrogens (tertiary/aromatic N) is 2. The van der Waals surface area contributed by atoms with Crippen molar-refractivity contribution in [1.82, 2.24) is 20.8 Å². The molecule has 8 nitrogen and oxygen atoms in total. The van der Waals surface area contributed by atoms with Crippen LogP contribution >= 0.6 is 0 Å². The first-order valence-electron chi connectivity index (χ1n) is 6.79. The van der Waals surface area contributed by atoms with Gasteiger partial charge < -0.3 is 10.6 Å². The molecule has 3 rings (SSSR count). The van der Waals surface area contributed by atoms with Crippen molar-refractivity contribution in [2.24, 2.45) is 0 Å². The molecule has 0 saturated carbocycles. The number of rotatable bonds is 3. The molecule has 1 aromatic carbocycles. The Bertz CT molecular complexity index is 690. The number of piperidine rings is 1. The SMILES string of the molecule is O=C(N[C@H]1CCCNC1)c1n[nH]c2ccc([N+](=O)[O-])cc12. The zero-order chi connectivity index (χ0) is 14.8. The fourth-order valence-corrected chi connectivity index (χ4v) is 2.52. The van der Waals surface area contributed by atoms with Gasteiger partial charge in [0.1, 0.15) is 0 Å². The largest absolute Gasteiger partial charge is 0.347 e. The van der Waals surface area contributed by atoms with Crippen LogP contribution in [0.15, 0.2) is 18.2 Å². The van der Waals surface area contributed by atoms with Gasteiger partial charge in [-0.2, -0.15) is 5.10 Å². The molecule has 2 heterocycles. The summed E-state index contributed by atoms with van der Waals surface area (Å²) in [5, 5.41) is 24.1. The topological polar surface area (TPSA) is 113 Å². The van der Waals surface area contributed by atoms with Crippen LogP contribution in [-0.4, -0.2) is 40.2 Å². The molecule has 1 aliphatic heterocycles. The maximum absolute atomic E-state index is 12.3. The van der Waals surface area contributed by atoms with E-state index in [2.05, 4.69) is 20.8 Å². The van der Waals surface area contributed by atoms with Gasteiger partial charge in [0.05, 0.1) is 10.4 Å². The van der Waals surface area contributed by atoms with E-state index in [9.17, 15) is 14.9 Å². The Morgan fingerprint density at radius 1 is 1.48 bits per heavy atom. The van der Waals surface area contributed by atoms with E-state index in [1.54, 1.807) is 6.07 Å². The lowest BCUT2D eigenvalue weighted by Crippen LogP contribution is -2.45. The summed E-state index contributed by atoms with van der Waals surface area (Å²) in [4.78, 5) is 22.6. The first-order valence-corrected chi connectivity index (χ1v) is 6.79. The van der Waals surface area contributed by atoms with Crippen molar-refractivity contribution in [1.29, 1.82) is 0 Å². The highest BCUT2D eigenvalue weighted by Crippen LogP contribution is 2.22. The smallest absolute Gasteiger partial charge is 0.272 e. The van der Waals surface area contributed by atoms with Crippen molar-refractivity contribution >= 4 is 22.5 Å². The Kier molecular flexibility index (Phi) is 3.53. The van der Waals surface area contributed by atoms with Crippen LogP contribution in [0.2, 0.25) is 0 Å². The molecule has 110 valence electrons. The van der Waals surface area contributed by atoms with Gasteiger partial charge in [-0.25, -0.2) is 0 Å². The van der Waals surface area contributed by atoms with Crippen molar-refractivity contribution in [2.75, 3.05) is 13.1 Å². The molecular formula is C13H15N5O3. The first kappa shape index (κ1) is 13.5. The van der Waals surface area contributed by atoms with Crippen molar-refractivity contribution < 1.29 is 9.72 Å². The van der Waals surface area contributed by atoms with Gasteiger partial charge in [0.2, 0.25) is 0 Å². The summed E-state index contributed by atoms with van der Waals surface area (Å²) in [5.41, 5.74) is 0.740. The number of nitrogens with one attached hydrogen (secondary N) is 3. The van der Waals surface area contributed by atoms with Crippen molar-refractivity contribution in [3.05, 3.63) is 34.0 Å². The number of non-ortho nitro benzene ring substituents is 1. The normalized spacial score (nSPS) is 18.6. The number of amides is 1. The van der Waals surface area contributed by atoms with Gasteiger partial charge in [0.25, 0.3) is 11.6 Å². The van der Waals surface area contributed by atoms with Crippen molar-refractivity contribution in [3.8, 4) is 0 Å². The molecule has 0 aliphatic carbocycles. The molecule has 3 N–H and O–H groups in total. The lowest BCUT2D eigenvalue weighted by molar-refractivity contribution is -0.384. The number of benzene rings is 1. The minimum absolute atomic E-state index is 0.0581. The predicted octanol–water partition coefficient (Wildman–Crippen LogP) is 0.953. The van der Waals surface area contributed by atoms with Gasteiger partial charge in [0.15, 0.2) is 5.69 Å². The molecule has 0 bridgehead atoms. The van der Waals surface area contributed by atoms with E-state index < -0.39 is 4.92 Å². The van der Waals surface area contributed by atoms with E-state index in [1.807, 2.05) is 0 Å². The highest BCUT2D eigenvalue weighted by Gasteiger charge is 2.21. The summed E-state index contributed by atoms with van der Waals surface area (Å²) in [6, 6.07) is 4.37. The second-order valence-electron chi connectivity index (χ2n) is 5.08. The molecule has 1 saturated heterocycles. The summed E-state index contributed by atoms with van der Waals surface area (Å²) in [6.45, 7) is 1.69. The van der Waals surface area contributed by atoms with E-state index in [4.69, 9.17) is 0 Å². The summed E-state index contributed by atoms with van der Waals surface area (Å²) in [6.07, 6.45) is 1.93. The Labute approximate surface area is 120 Å². The Balaban J connectivity index is 1.86. The molecule has 2 aromatic rings. The number of carbonyl (C=O) groups is 1. The van der Waals surface area contributed by atoms with Crippen molar-refractivity contribution in [3.63, 3.8) is 0 Å². The van der Waals surface area contributed by atoms with E-state index >= 15 is 0 Å². The Morgan fingerprint density at radius 3 is 3.05 bits per heavy atom. The van der Waals surface area contributed by atoms with E-state index in [0.717, 1.165) is 25.9 Å². The molecule has 1 fully saturated rings. The van der Waals surface area contributed by atoms with Crippen LogP contribution in [-0.2, 0) is 0 Å². The maximum atomic E-state index is 12.3. The average Bonchev–Trinajstić information content (AvgIpc) is 2.91. The Hall–Kier alpha value is -2.48. The summed E-state index contributed by atoms with van der Waals surface area (Å²) < 4.78 is 0. The number of nitro groups is 1. The van der Waals surface area contributed by atoms with Crippen LogP contribution in [0.1, 0.15) is 23.3 Å². The Morgan fingerprint density at radius 2 is 2.33 bits per heavy atom. The van der Waals surface area contributed by atoms with Gasteiger partial charge in [-0.3, -0.25) is 20.0 Å². The van der Waals surface area contributed by atoms with Crippen LogP contribution in [0.4, 0.5) is 5.69 Å². The third-order valence-electron chi connectivity index (χ3n) is 3.60. The summed E-state index contributed by atoms with van der Waals surface area (Å²) in [7, 11) is 0. The molecule has 21 heavy (non-hydrogen) atoms. The average molecular weight is 289 g/mol. The number of fused-ring (bicyclic) bond motifs is 1. The van der Waals surface area contributed by atoms with E-state index in [1.165, 1.54) is 12.1 Å². The van der Waals surface area contributed by atoms with Crippen LogP contribution < -0.4 is 10.6 Å². The third-order valence-corrected chi connectivity index (χ3v) is 3.60. The highest BCUT2D eigenvalue weighted by atomic mass is 16.6. The number of carbonyl (C=O) groups excluding carboxylic acids is 1. The van der Waals surface area contributed by atoms with Crippen molar-refractivity contribution in [2.45, 2.75) is 18.9 Å². The number of aromatic nitrogens is 2. The van der Waals surface area contributed by atoms with Crippen LogP contribution in [0, 0.1) is 10.1 Å². The van der Waals surface area contributed by atoms with Crippen LogP contribution in [0.25, 0.3) is 10.9 Å². The summed E-state index contributed by atoms with van der Waals surface area (Å²) >= 11 is 0. The zero-order valence-corrected chi connectivity index (χ0v) is 11.3. The molecular weight excluding hydrogens is 274 g/mol. The molecule has 1 aliphatic rings. The van der Waals surface area contributed by atoms with Gasteiger partial charge in [0, 0.05) is 30.1 Å². The minimum atomic E-state index is -0.487. The number of hydrogen-bond donors (Lipinski definition) is 3. The van der Waals surface area contributed by atoms with E-state index in [0.29, 0.717) is 10.9 Å². The summed E-state index contributed by atoms with van der Waals surface area (Å²) in [5.74, 6) is -0.310. The van der Waals surface area contributed by atoms with Gasteiger partial charge in [-0.05, 0) is 25.5 Å². The molecule has 8 heteroatoms. The second kappa shape index (κ2) is 5.49. The molecule has 0 spiro atoms. The molecule has 0 radical (unpaired) electrons. The fraction of sp³-hybridized carbons (Fsp3) is 0.385. The second-order valence-corrected chi connectivity index (χ2v) is 5.08. The number of hydrogen-bond acceptors (Lipinski definition) is 5. The minimum Gasteiger partial charge on any atom is -0.347 e. The van der Waals surface area contributed by atoms with Gasteiger partial charge in [-0.1, -0.05) is 0 Å². The van der Waals surface area contributed by atoms with Crippen LogP contribution in [0.3, 0.4) is 0 Å². The highest BCUT2D eigenvalue weighted by molar-refractivity contribution is 6.05. The lowest BCUT2D eigenvalue weighted by Gasteiger charge is -2.23. The van der Waals surface area contributed by atoms with Gasteiger partial charge >= 0.3 is 0 Å². The number of H-pyrrole nitrogens is 1. The van der Waals surface area contributed by atoms with Gasteiger partial charge in [-0.15, -0.1) is 0 Å². The zero-order valence-electron chi connectivity index (χ0n) is 11.3. The molecule has 0 unspecified atom stereocenters. The number of nitro benzene ring substituents is 1. The predicted molar refractivity (Wildman–Crippen MR) is 76.1 cm³/mol. The lowest BCUT2D eigenvalue weighted by atomic mass is 10.1. The molecule has 1 amide bonds. The number of aromatic amines is 1. The quantitative estimate of drug-likeness (QED) is 0.575. The standard InChI is InChI=1S/C13H15N5O3/c19-13(15-8-2-1-5-14-7-8)12-10-6-9(18(20)21)3-4-11(10)16-17-12/h3-4,6,8,14H,1-2,5,7H2,(H,15,19)(H,16,17)/t8-/m0/s1. The monoisotopic (exact) mass is 289 g/mol. The first-order chi connectivity index (χ1) is 10.1. The molecule has 1 aromatic heterocycles. The maximum Gasteiger partial charge on any atom is 0.272 e. The third kappa shape index (κ3) is 2.70. The fourth-order valence-electron chi connectivity index (χ4n) is 2.52. The van der Waals surface area contributed by atoms with Crippen LogP contribution in [0.5, 0.6) is 0 Å². The molecule has 1 atom stereocenters.